The molecule has 1 aliphatic heterocycles. The first-order valence-electron chi connectivity index (χ1n) is 4.50. The molecule has 0 bridgehead atoms. The second kappa shape index (κ2) is 3.46. The van der Waals surface area contributed by atoms with Gasteiger partial charge in [0.15, 0.2) is 5.13 Å². The minimum Gasteiger partial charge on any atom is -0.347 e. The summed E-state index contributed by atoms with van der Waals surface area (Å²) in [5, 5.41) is 1.45. The summed E-state index contributed by atoms with van der Waals surface area (Å²) in [7, 11) is 0. The molecule has 1 aromatic rings. The number of thiazole rings is 1. The molecule has 2 rings (SSSR count). The summed E-state index contributed by atoms with van der Waals surface area (Å²) in [6.07, 6.45) is 1.08. The Hall–Kier alpha value is -0.280. The van der Waals surface area contributed by atoms with E-state index in [1.165, 1.54) is 4.88 Å². The summed E-state index contributed by atoms with van der Waals surface area (Å²) in [6, 6.07) is 0. The SMILES string of the molecule is Cc1nc(N2CCC(Cl)C2)sc1C. The predicted octanol–water partition coefficient (Wildman–Crippen LogP) is 2.58. The molecule has 0 N–H and O–H groups in total. The normalized spacial score (nSPS) is 22.7. The Kier molecular flexibility index (Phi) is 2.47. The Labute approximate surface area is 87.5 Å². The van der Waals surface area contributed by atoms with E-state index in [9.17, 15) is 0 Å². The van der Waals surface area contributed by atoms with Gasteiger partial charge in [0.05, 0.1) is 11.1 Å². The monoisotopic (exact) mass is 216 g/mol. The van der Waals surface area contributed by atoms with Crippen molar-refractivity contribution < 1.29 is 0 Å². The number of hydrogen-bond donors (Lipinski definition) is 0. The molecule has 1 aliphatic rings. The zero-order valence-corrected chi connectivity index (χ0v) is 9.45. The number of rotatable bonds is 1. The summed E-state index contributed by atoms with van der Waals surface area (Å²) >= 11 is 7.81. The topological polar surface area (TPSA) is 16.1 Å². The molecular formula is C9H13ClN2S. The van der Waals surface area contributed by atoms with E-state index < -0.39 is 0 Å². The van der Waals surface area contributed by atoms with Gasteiger partial charge < -0.3 is 4.90 Å². The highest BCUT2D eigenvalue weighted by molar-refractivity contribution is 7.15. The van der Waals surface area contributed by atoms with E-state index in [0.29, 0.717) is 5.38 Å². The first kappa shape index (κ1) is 9.28. The van der Waals surface area contributed by atoms with E-state index in [-0.39, 0.29) is 0 Å². The van der Waals surface area contributed by atoms with Crippen molar-refractivity contribution in [1.82, 2.24) is 4.98 Å². The lowest BCUT2D eigenvalue weighted by Crippen LogP contribution is -2.19. The molecule has 1 unspecified atom stereocenters. The molecule has 0 radical (unpaired) electrons. The molecule has 0 amide bonds. The highest BCUT2D eigenvalue weighted by Gasteiger charge is 2.22. The fourth-order valence-corrected chi connectivity index (χ4v) is 2.69. The predicted molar refractivity (Wildman–Crippen MR) is 58.1 cm³/mol. The summed E-state index contributed by atoms with van der Waals surface area (Å²) < 4.78 is 0. The Morgan fingerprint density at radius 1 is 1.54 bits per heavy atom. The standard InChI is InChI=1S/C9H13ClN2S/c1-6-7(2)13-9(11-6)12-4-3-8(10)5-12/h8H,3-5H2,1-2H3. The molecule has 0 aliphatic carbocycles. The van der Waals surface area contributed by atoms with Crippen LogP contribution >= 0.6 is 22.9 Å². The van der Waals surface area contributed by atoms with Crippen LogP contribution in [0.1, 0.15) is 17.0 Å². The number of alkyl halides is 1. The molecule has 1 fully saturated rings. The van der Waals surface area contributed by atoms with Gasteiger partial charge in [0.25, 0.3) is 0 Å². The second-order valence-corrected chi connectivity index (χ2v) is 5.27. The summed E-state index contributed by atoms with van der Waals surface area (Å²) in [6.45, 7) is 6.18. The largest absolute Gasteiger partial charge is 0.347 e. The van der Waals surface area contributed by atoms with Crippen molar-refractivity contribution in [2.75, 3.05) is 18.0 Å². The van der Waals surface area contributed by atoms with Gasteiger partial charge in [-0.25, -0.2) is 4.98 Å². The maximum Gasteiger partial charge on any atom is 0.185 e. The minimum atomic E-state index is 0.310. The fourth-order valence-electron chi connectivity index (χ4n) is 1.48. The van der Waals surface area contributed by atoms with E-state index in [0.717, 1.165) is 30.3 Å². The minimum absolute atomic E-state index is 0.310. The van der Waals surface area contributed by atoms with Gasteiger partial charge in [-0.05, 0) is 20.3 Å². The summed E-state index contributed by atoms with van der Waals surface area (Å²) in [4.78, 5) is 8.11. The van der Waals surface area contributed by atoms with Crippen LogP contribution in [0.2, 0.25) is 0 Å². The maximum atomic E-state index is 6.04. The molecule has 72 valence electrons. The van der Waals surface area contributed by atoms with Gasteiger partial charge in [-0.15, -0.1) is 22.9 Å². The first-order valence-corrected chi connectivity index (χ1v) is 5.75. The molecule has 1 aromatic heterocycles. The number of halogens is 1. The van der Waals surface area contributed by atoms with E-state index in [1.807, 2.05) is 0 Å². The van der Waals surface area contributed by atoms with Gasteiger partial charge in [0.1, 0.15) is 0 Å². The van der Waals surface area contributed by atoms with Gasteiger partial charge in [-0.3, -0.25) is 0 Å². The van der Waals surface area contributed by atoms with Crippen molar-refractivity contribution in [2.45, 2.75) is 25.6 Å². The third kappa shape index (κ3) is 1.81. The summed E-state index contributed by atoms with van der Waals surface area (Å²) in [5.74, 6) is 0. The summed E-state index contributed by atoms with van der Waals surface area (Å²) in [5.41, 5.74) is 1.15. The molecule has 4 heteroatoms. The van der Waals surface area contributed by atoms with Crippen molar-refractivity contribution in [3.63, 3.8) is 0 Å². The van der Waals surface area contributed by atoms with Crippen LogP contribution in [0.4, 0.5) is 5.13 Å². The van der Waals surface area contributed by atoms with E-state index in [2.05, 4.69) is 23.7 Å². The van der Waals surface area contributed by atoms with Crippen LogP contribution in [0.15, 0.2) is 0 Å². The lowest BCUT2D eigenvalue weighted by Gasteiger charge is -2.12. The van der Waals surface area contributed by atoms with Crippen LogP contribution in [0.5, 0.6) is 0 Å². The maximum absolute atomic E-state index is 6.04. The Bertz CT molecular complexity index is 291. The molecule has 1 saturated heterocycles. The van der Waals surface area contributed by atoms with E-state index in [1.54, 1.807) is 11.3 Å². The van der Waals surface area contributed by atoms with Crippen LogP contribution in [0, 0.1) is 13.8 Å². The van der Waals surface area contributed by atoms with Crippen LogP contribution in [-0.2, 0) is 0 Å². The molecule has 0 saturated carbocycles. The molecule has 13 heavy (non-hydrogen) atoms. The Morgan fingerprint density at radius 2 is 2.31 bits per heavy atom. The number of anilines is 1. The van der Waals surface area contributed by atoms with Gasteiger partial charge in [-0.1, -0.05) is 0 Å². The first-order chi connectivity index (χ1) is 6.16. The molecule has 1 atom stereocenters. The number of nitrogens with zero attached hydrogens (tertiary/aromatic N) is 2. The molecule has 0 aromatic carbocycles. The van der Waals surface area contributed by atoms with Gasteiger partial charge in [0.2, 0.25) is 0 Å². The quantitative estimate of drug-likeness (QED) is 0.671. The van der Waals surface area contributed by atoms with Crippen molar-refractivity contribution >= 4 is 28.1 Å². The molecule has 0 spiro atoms. The molecule has 2 nitrogen and oxygen atoms in total. The third-order valence-electron chi connectivity index (χ3n) is 2.42. The van der Waals surface area contributed by atoms with Crippen molar-refractivity contribution in [2.24, 2.45) is 0 Å². The smallest absolute Gasteiger partial charge is 0.185 e. The van der Waals surface area contributed by atoms with Crippen molar-refractivity contribution in [1.29, 1.82) is 0 Å². The molecular weight excluding hydrogens is 204 g/mol. The van der Waals surface area contributed by atoms with E-state index in [4.69, 9.17) is 11.6 Å². The van der Waals surface area contributed by atoms with Gasteiger partial charge >= 0.3 is 0 Å². The fraction of sp³-hybridized carbons (Fsp3) is 0.667. The Morgan fingerprint density at radius 3 is 2.77 bits per heavy atom. The highest BCUT2D eigenvalue weighted by atomic mass is 35.5. The van der Waals surface area contributed by atoms with Crippen LogP contribution in [-0.4, -0.2) is 23.5 Å². The number of aromatic nitrogens is 1. The van der Waals surface area contributed by atoms with E-state index >= 15 is 0 Å². The zero-order valence-electron chi connectivity index (χ0n) is 7.88. The Balaban J connectivity index is 2.17. The second-order valence-electron chi connectivity index (χ2n) is 3.47. The number of aryl methyl sites for hydroxylation is 2. The van der Waals surface area contributed by atoms with Crippen LogP contribution < -0.4 is 4.90 Å². The van der Waals surface area contributed by atoms with Crippen molar-refractivity contribution in [3.05, 3.63) is 10.6 Å². The average Bonchev–Trinajstić information content (AvgIpc) is 2.61. The van der Waals surface area contributed by atoms with Gasteiger partial charge in [-0.2, -0.15) is 0 Å². The zero-order chi connectivity index (χ0) is 9.42. The highest BCUT2D eigenvalue weighted by Crippen LogP contribution is 2.28. The van der Waals surface area contributed by atoms with Crippen LogP contribution in [0.25, 0.3) is 0 Å². The lowest BCUT2D eigenvalue weighted by atomic mass is 10.4. The lowest BCUT2D eigenvalue weighted by molar-refractivity contribution is 0.952. The number of hydrogen-bond acceptors (Lipinski definition) is 3. The molecule has 2 heterocycles. The van der Waals surface area contributed by atoms with Crippen LogP contribution in [0.3, 0.4) is 0 Å². The van der Waals surface area contributed by atoms with Gasteiger partial charge in [0, 0.05) is 18.0 Å². The third-order valence-corrected chi connectivity index (χ3v) is 3.91. The van der Waals surface area contributed by atoms with Crippen molar-refractivity contribution in [3.8, 4) is 0 Å². The average molecular weight is 217 g/mol.